The van der Waals surface area contributed by atoms with E-state index in [4.69, 9.17) is 5.11 Å². The Balaban J connectivity index is 2.49. The first-order valence-electron chi connectivity index (χ1n) is 3.50. The van der Waals surface area contributed by atoms with Crippen molar-refractivity contribution in [1.82, 2.24) is 10.4 Å². The molecule has 1 aliphatic rings. The first kappa shape index (κ1) is 8.79. The molecule has 0 aromatic carbocycles. The molecule has 0 saturated carbocycles. The van der Waals surface area contributed by atoms with Crippen molar-refractivity contribution in [2.75, 3.05) is 13.7 Å². The Hall–Kier alpha value is -1.30. The van der Waals surface area contributed by atoms with Gasteiger partial charge in [0.25, 0.3) is 5.91 Å². The van der Waals surface area contributed by atoms with E-state index in [2.05, 4.69) is 10.2 Å². The van der Waals surface area contributed by atoms with Gasteiger partial charge in [-0.1, -0.05) is 0 Å². The molecule has 0 aromatic heterocycles. The van der Waals surface area contributed by atoms with Gasteiger partial charge in [0.15, 0.2) is 0 Å². The van der Waals surface area contributed by atoms with Gasteiger partial charge in [-0.15, -0.1) is 0 Å². The number of nitrogens with one attached hydrogen (secondary N) is 1. The molecule has 0 radical (unpaired) electrons. The maximum absolute atomic E-state index is 11.1. The molecule has 6 heteroatoms. The van der Waals surface area contributed by atoms with E-state index in [-0.39, 0.29) is 5.91 Å². The van der Waals surface area contributed by atoms with Crippen LogP contribution in [0.2, 0.25) is 0 Å². The van der Waals surface area contributed by atoms with Crippen molar-refractivity contribution in [1.29, 1.82) is 0 Å². The number of carboxylic acid groups (broad SMARTS) is 1. The molecule has 0 aromatic rings. The van der Waals surface area contributed by atoms with E-state index in [9.17, 15) is 9.59 Å². The second-order valence-corrected chi connectivity index (χ2v) is 2.41. The minimum atomic E-state index is -1.19. The van der Waals surface area contributed by atoms with Crippen LogP contribution >= 0.6 is 0 Å². The second kappa shape index (κ2) is 3.40. The van der Waals surface area contributed by atoms with Crippen molar-refractivity contribution in [3.63, 3.8) is 0 Å². The van der Waals surface area contributed by atoms with E-state index >= 15 is 0 Å². The van der Waals surface area contributed by atoms with E-state index < -0.39 is 12.1 Å². The summed E-state index contributed by atoms with van der Waals surface area (Å²) in [5.41, 5.74) is 0. The van der Waals surface area contributed by atoms with Crippen molar-refractivity contribution in [2.45, 2.75) is 12.5 Å². The highest BCUT2D eigenvalue weighted by atomic mass is 16.7. The van der Waals surface area contributed by atoms with Gasteiger partial charge >= 0.3 is 6.09 Å². The van der Waals surface area contributed by atoms with Crippen LogP contribution in [0.4, 0.5) is 4.79 Å². The Morgan fingerprint density at radius 2 is 2.50 bits per heavy atom. The standard InChI is InChI=1S/C6H10N2O4/c1-12-8-3-2-4(5(8)9)7-6(10)11/h4,7H,2-3H2,1H3,(H,10,11)/t4-/m0/s1. The summed E-state index contributed by atoms with van der Waals surface area (Å²) in [6.45, 7) is 0.431. The summed E-state index contributed by atoms with van der Waals surface area (Å²) >= 11 is 0. The fraction of sp³-hybridized carbons (Fsp3) is 0.667. The predicted molar refractivity (Wildman–Crippen MR) is 38.3 cm³/mol. The largest absolute Gasteiger partial charge is 0.465 e. The molecule has 0 aliphatic carbocycles. The maximum atomic E-state index is 11.1. The maximum Gasteiger partial charge on any atom is 0.405 e. The lowest BCUT2D eigenvalue weighted by Crippen LogP contribution is -2.40. The molecule has 1 atom stereocenters. The van der Waals surface area contributed by atoms with Gasteiger partial charge in [0.1, 0.15) is 6.04 Å². The molecule has 1 heterocycles. The number of nitrogens with zero attached hydrogens (tertiary/aromatic N) is 1. The van der Waals surface area contributed by atoms with E-state index in [1.807, 2.05) is 0 Å². The summed E-state index contributed by atoms with van der Waals surface area (Å²) in [5.74, 6) is -0.333. The van der Waals surface area contributed by atoms with Crippen molar-refractivity contribution >= 4 is 12.0 Å². The van der Waals surface area contributed by atoms with E-state index in [0.29, 0.717) is 13.0 Å². The number of hydrogen-bond donors (Lipinski definition) is 2. The van der Waals surface area contributed by atoms with Gasteiger partial charge in [0.2, 0.25) is 0 Å². The van der Waals surface area contributed by atoms with Gasteiger partial charge in [-0.05, 0) is 6.42 Å². The van der Waals surface area contributed by atoms with Gasteiger partial charge in [-0.3, -0.25) is 9.63 Å². The molecule has 6 nitrogen and oxygen atoms in total. The Morgan fingerprint density at radius 1 is 1.83 bits per heavy atom. The Morgan fingerprint density at radius 3 is 2.92 bits per heavy atom. The average Bonchev–Trinajstić information content (AvgIpc) is 2.32. The first-order chi connectivity index (χ1) is 5.65. The lowest BCUT2D eigenvalue weighted by atomic mass is 10.2. The van der Waals surface area contributed by atoms with Crippen LogP contribution < -0.4 is 5.32 Å². The molecule has 1 fully saturated rings. The predicted octanol–water partition coefficient (Wildman–Crippen LogP) is -0.584. The van der Waals surface area contributed by atoms with Crippen LogP contribution in [-0.4, -0.2) is 41.9 Å². The molecule has 1 aliphatic heterocycles. The Kier molecular flexibility index (Phi) is 2.49. The third kappa shape index (κ3) is 1.65. The minimum Gasteiger partial charge on any atom is -0.465 e. The van der Waals surface area contributed by atoms with Crippen molar-refractivity contribution in [2.24, 2.45) is 0 Å². The molecule has 2 amide bonds. The van der Waals surface area contributed by atoms with Crippen LogP contribution in [0, 0.1) is 0 Å². The highest BCUT2D eigenvalue weighted by Gasteiger charge is 2.32. The van der Waals surface area contributed by atoms with Gasteiger partial charge in [-0.25, -0.2) is 9.86 Å². The summed E-state index contributed by atoms with van der Waals surface area (Å²) in [4.78, 5) is 26.0. The topological polar surface area (TPSA) is 78.9 Å². The van der Waals surface area contributed by atoms with E-state index in [0.717, 1.165) is 5.06 Å². The molecule has 12 heavy (non-hydrogen) atoms. The van der Waals surface area contributed by atoms with E-state index in [1.54, 1.807) is 0 Å². The van der Waals surface area contributed by atoms with Crippen molar-refractivity contribution in [3.8, 4) is 0 Å². The molecule has 0 spiro atoms. The lowest BCUT2D eigenvalue weighted by molar-refractivity contribution is -0.168. The van der Waals surface area contributed by atoms with Crippen LogP contribution in [0.25, 0.3) is 0 Å². The van der Waals surface area contributed by atoms with Crippen molar-refractivity contribution in [3.05, 3.63) is 0 Å². The fourth-order valence-corrected chi connectivity index (χ4v) is 1.12. The van der Waals surface area contributed by atoms with Crippen LogP contribution in [0.3, 0.4) is 0 Å². The molecular weight excluding hydrogens is 164 g/mol. The summed E-state index contributed by atoms with van der Waals surface area (Å²) in [6.07, 6.45) is -0.731. The number of carbonyl (C=O) groups is 2. The zero-order valence-electron chi connectivity index (χ0n) is 6.61. The second-order valence-electron chi connectivity index (χ2n) is 2.41. The fourth-order valence-electron chi connectivity index (χ4n) is 1.12. The minimum absolute atomic E-state index is 0.333. The molecular formula is C6H10N2O4. The third-order valence-corrected chi connectivity index (χ3v) is 1.68. The number of hydroxylamine groups is 2. The van der Waals surface area contributed by atoms with Crippen LogP contribution in [0.15, 0.2) is 0 Å². The van der Waals surface area contributed by atoms with Crippen LogP contribution in [0.1, 0.15) is 6.42 Å². The highest BCUT2D eigenvalue weighted by Crippen LogP contribution is 2.10. The summed E-state index contributed by atoms with van der Waals surface area (Å²) in [6, 6.07) is -0.651. The van der Waals surface area contributed by atoms with Gasteiger partial charge in [-0.2, -0.15) is 0 Å². The molecule has 1 rings (SSSR count). The van der Waals surface area contributed by atoms with E-state index in [1.165, 1.54) is 7.11 Å². The lowest BCUT2D eigenvalue weighted by Gasteiger charge is -2.12. The Bertz CT molecular complexity index is 206. The third-order valence-electron chi connectivity index (χ3n) is 1.68. The Labute approximate surface area is 69.1 Å². The molecule has 0 unspecified atom stereocenters. The van der Waals surface area contributed by atoms with Gasteiger partial charge in [0, 0.05) is 0 Å². The zero-order valence-corrected chi connectivity index (χ0v) is 6.61. The van der Waals surface area contributed by atoms with Gasteiger partial charge < -0.3 is 10.4 Å². The summed E-state index contributed by atoms with van der Waals surface area (Å²) in [7, 11) is 1.38. The first-order valence-corrected chi connectivity index (χ1v) is 3.50. The number of rotatable bonds is 2. The summed E-state index contributed by atoms with van der Waals surface area (Å²) < 4.78 is 0. The number of carbonyl (C=O) groups excluding carboxylic acids is 1. The quantitative estimate of drug-likeness (QED) is 0.586. The van der Waals surface area contributed by atoms with Crippen molar-refractivity contribution < 1.29 is 19.5 Å². The molecule has 2 N–H and O–H groups in total. The SMILES string of the molecule is CON1CC[C@H](NC(=O)O)C1=O. The normalized spacial score (nSPS) is 22.9. The molecule has 0 bridgehead atoms. The summed E-state index contributed by atoms with van der Waals surface area (Å²) in [5, 5.41) is 11.6. The van der Waals surface area contributed by atoms with Gasteiger partial charge in [0.05, 0.1) is 13.7 Å². The smallest absolute Gasteiger partial charge is 0.405 e. The average molecular weight is 174 g/mol. The molecule has 68 valence electrons. The zero-order chi connectivity index (χ0) is 9.14. The van der Waals surface area contributed by atoms with Crippen LogP contribution in [0.5, 0.6) is 0 Å². The van der Waals surface area contributed by atoms with Crippen LogP contribution in [-0.2, 0) is 9.63 Å². The highest BCUT2D eigenvalue weighted by molar-refractivity contribution is 5.86. The molecule has 1 saturated heterocycles. The number of amides is 2. The monoisotopic (exact) mass is 174 g/mol. The number of hydrogen-bond acceptors (Lipinski definition) is 3.